The first-order chi connectivity index (χ1) is 39.1. The maximum atomic E-state index is 13.2. The van der Waals surface area contributed by atoms with Gasteiger partial charge in [0.2, 0.25) is 0 Å². The maximum Gasteiger partial charge on any atom is 0.299 e. The minimum Gasteiger partial charge on any atom is -0.383 e. The lowest BCUT2D eigenvalue weighted by atomic mass is 9.90. The maximum absolute atomic E-state index is 13.2. The van der Waals surface area contributed by atoms with Gasteiger partial charge in [0.05, 0.1) is 72.7 Å². The number of carbonyl (C=O) groups is 2. The summed E-state index contributed by atoms with van der Waals surface area (Å²) in [4.78, 5) is 44.4. The highest BCUT2D eigenvalue weighted by Gasteiger charge is 2.36. The van der Waals surface area contributed by atoms with E-state index in [1.54, 1.807) is 30.0 Å². The molecular weight excluding hydrogens is 1100 g/mol. The number of nitrogen functional groups attached to an aromatic ring is 2. The van der Waals surface area contributed by atoms with E-state index in [9.17, 15) is 26.4 Å². The number of piperidine rings is 2. The average molecular weight is 1160 g/mol. The molecule has 0 bridgehead atoms. The zero-order valence-electron chi connectivity index (χ0n) is 44.9. The number of carbonyl (C=O) groups excluding carboxylic acids is 2. The first-order valence-corrected chi connectivity index (χ1v) is 30.5. The van der Waals surface area contributed by atoms with Crippen LogP contribution in [0.5, 0.6) is 0 Å². The standard InChI is InChI=1S/C28H31N7O4S.C24H24N6O.C4H8ClNO3S/c1-19(36)25-26(21-9-11-33(12-10-21)40(37,38)34-13-15-39-16-14-34)32-28-23(18-31-35(28)27(25)29)22-7-8-24(30-17-22)20-5-3-2-4-6-20;1-15(31)21-22(17-9-11-26-12-10-17)29-24-19(14-28-30(24)23(21)25)18-7-8-20(27-13-18)16-5-3-2-4-6-16;5-10(7,8)6-1-3-9-4-2-6/h2-8,17-18,21H,9-16,29H2,1H3;2-8,13-14,17,26H,9-12,25H2,1H3;1-4H2. The van der Waals surface area contributed by atoms with Gasteiger partial charge in [0.1, 0.15) is 11.6 Å². The number of aromatic nitrogens is 8. The van der Waals surface area contributed by atoms with Crippen LogP contribution in [0.1, 0.15) is 83.5 Å². The SMILES string of the molecule is CC(=O)c1c(C2CCN(S(=O)(=O)N3CCOCC3)CC2)nc2c(-c3ccc(-c4ccccc4)nc3)cnn2c1N.CC(=O)c1c(C2CCNCC2)nc2c(-c3ccc(-c4ccccc4)nc3)cnn2c1N.O=S(=O)(Cl)N1CCOCC1. The second-order valence-electron chi connectivity index (χ2n) is 20.0. The molecule has 10 heterocycles. The Morgan fingerprint density at radius 1 is 0.543 bits per heavy atom. The molecule has 424 valence electrons. The molecular formula is C56H63ClN14O8S2. The third-order valence-electron chi connectivity index (χ3n) is 14.9. The van der Waals surface area contributed by atoms with Crippen LogP contribution in [0, 0.1) is 0 Å². The first kappa shape index (κ1) is 57.1. The number of anilines is 2. The second kappa shape index (κ2) is 24.9. The Balaban J connectivity index is 0.000000159. The van der Waals surface area contributed by atoms with E-state index in [0.29, 0.717) is 112 Å². The fourth-order valence-corrected chi connectivity index (χ4v) is 13.2. The van der Waals surface area contributed by atoms with E-state index in [1.807, 2.05) is 91.1 Å². The summed E-state index contributed by atoms with van der Waals surface area (Å²) in [6.07, 6.45) is 9.97. The third-order valence-corrected chi connectivity index (χ3v) is 18.5. The highest BCUT2D eigenvalue weighted by atomic mass is 35.7. The van der Waals surface area contributed by atoms with Crippen LogP contribution in [0.3, 0.4) is 0 Å². The van der Waals surface area contributed by atoms with E-state index in [1.165, 1.54) is 24.4 Å². The molecule has 81 heavy (non-hydrogen) atoms. The van der Waals surface area contributed by atoms with Crippen molar-refractivity contribution in [2.75, 3.05) is 90.3 Å². The Kier molecular flexibility index (Phi) is 17.6. The number of ketones is 2. The summed E-state index contributed by atoms with van der Waals surface area (Å²) in [5.74, 6) is 0.391. The topological polar surface area (TPSA) is 281 Å². The Morgan fingerprint density at radius 2 is 0.951 bits per heavy atom. The van der Waals surface area contributed by atoms with Gasteiger partial charge < -0.3 is 26.3 Å². The normalized spacial score (nSPS) is 17.3. The van der Waals surface area contributed by atoms with Crippen LogP contribution < -0.4 is 16.8 Å². The molecule has 0 spiro atoms. The highest BCUT2D eigenvalue weighted by molar-refractivity contribution is 8.11. The lowest BCUT2D eigenvalue weighted by Crippen LogP contribution is -2.50. The zero-order valence-corrected chi connectivity index (χ0v) is 47.3. The van der Waals surface area contributed by atoms with Crippen molar-refractivity contribution in [1.82, 2.24) is 57.4 Å². The fraction of sp³-hybridized carbons (Fsp3) is 0.357. The number of nitrogens with one attached hydrogen (secondary N) is 1. The number of fused-ring (bicyclic) bond motifs is 2. The number of Topliss-reactive ketones (excluding diaryl/α,β-unsaturated/α-hetero) is 2. The van der Waals surface area contributed by atoms with Gasteiger partial charge in [-0.05, 0) is 64.8 Å². The first-order valence-electron chi connectivity index (χ1n) is 26.8. The van der Waals surface area contributed by atoms with Gasteiger partial charge in [0.25, 0.3) is 19.4 Å². The minimum atomic E-state index is -3.56. The monoisotopic (exact) mass is 1160 g/mol. The molecule has 6 aromatic heterocycles. The van der Waals surface area contributed by atoms with Gasteiger partial charge in [-0.15, -0.1) is 0 Å². The lowest BCUT2D eigenvalue weighted by Gasteiger charge is -2.36. The number of nitrogens with zero attached hydrogens (tertiary/aromatic N) is 11. The molecule has 22 nitrogen and oxygen atoms in total. The largest absolute Gasteiger partial charge is 0.383 e. The van der Waals surface area contributed by atoms with Crippen molar-refractivity contribution in [2.24, 2.45) is 0 Å². The van der Waals surface area contributed by atoms with Crippen LogP contribution in [0.4, 0.5) is 11.6 Å². The number of halogens is 1. The summed E-state index contributed by atoms with van der Waals surface area (Å²) >= 11 is 0. The molecule has 0 amide bonds. The van der Waals surface area contributed by atoms with Gasteiger partial charge in [0.15, 0.2) is 22.9 Å². The van der Waals surface area contributed by atoms with E-state index < -0.39 is 19.4 Å². The smallest absolute Gasteiger partial charge is 0.299 e. The van der Waals surface area contributed by atoms with Crippen LogP contribution in [-0.2, 0) is 28.9 Å². The van der Waals surface area contributed by atoms with Crippen molar-refractivity contribution >= 4 is 64.6 Å². The Hall–Kier alpha value is -7.13. The molecule has 0 atom stereocenters. The number of hydrogen-bond acceptors (Lipinski definition) is 17. The van der Waals surface area contributed by atoms with Crippen molar-refractivity contribution < 1.29 is 35.9 Å². The van der Waals surface area contributed by atoms with Gasteiger partial charge in [0, 0.05) is 108 Å². The predicted octanol–water partition coefficient (Wildman–Crippen LogP) is 6.51. The van der Waals surface area contributed by atoms with Gasteiger partial charge in [-0.2, -0.15) is 49.0 Å². The van der Waals surface area contributed by atoms with Crippen LogP contribution in [-0.4, -0.2) is 159 Å². The Labute approximate surface area is 474 Å². The summed E-state index contributed by atoms with van der Waals surface area (Å²) in [5, 5.41) is 12.3. The zero-order chi connectivity index (χ0) is 56.8. The number of morpholine rings is 2. The Morgan fingerprint density at radius 3 is 1.33 bits per heavy atom. The van der Waals surface area contributed by atoms with E-state index in [0.717, 1.165) is 76.4 Å². The average Bonchev–Trinajstić information content (AvgIpc) is 4.20. The molecule has 12 rings (SSSR count). The summed E-state index contributed by atoms with van der Waals surface area (Å²) in [5.41, 5.74) is 23.5. The minimum absolute atomic E-state index is 0.0774. The summed E-state index contributed by atoms with van der Waals surface area (Å²) < 4.78 is 65.1. The lowest BCUT2D eigenvalue weighted by molar-refractivity contribution is 0.0696. The van der Waals surface area contributed by atoms with Crippen LogP contribution in [0.15, 0.2) is 110 Å². The molecule has 5 N–H and O–H groups in total. The second-order valence-corrected chi connectivity index (χ2v) is 24.4. The molecule has 4 aliphatic rings. The molecule has 4 fully saturated rings. The molecule has 0 radical (unpaired) electrons. The molecule has 2 aromatic carbocycles. The van der Waals surface area contributed by atoms with Gasteiger partial charge in [-0.1, -0.05) is 72.8 Å². The van der Waals surface area contributed by atoms with E-state index >= 15 is 0 Å². The quantitative estimate of drug-likeness (QED) is 0.0919. The van der Waals surface area contributed by atoms with Crippen LogP contribution in [0.2, 0.25) is 0 Å². The van der Waals surface area contributed by atoms with Crippen LogP contribution >= 0.6 is 10.7 Å². The molecule has 0 unspecified atom stereocenters. The number of hydrogen-bond donors (Lipinski definition) is 3. The molecule has 4 saturated heterocycles. The van der Waals surface area contributed by atoms with Gasteiger partial charge in [-0.3, -0.25) is 19.6 Å². The van der Waals surface area contributed by atoms with Crippen molar-refractivity contribution in [2.45, 2.75) is 51.4 Å². The van der Waals surface area contributed by atoms with Crippen molar-refractivity contribution in [3.8, 4) is 44.8 Å². The number of benzene rings is 2. The van der Waals surface area contributed by atoms with E-state index in [2.05, 4.69) is 25.5 Å². The van der Waals surface area contributed by atoms with Crippen molar-refractivity contribution in [3.63, 3.8) is 0 Å². The van der Waals surface area contributed by atoms with Crippen molar-refractivity contribution in [1.29, 1.82) is 0 Å². The van der Waals surface area contributed by atoms with E-state index in [4.69, 9.17) is 41.6 Å². The van der Waals surface area contributed by atoms with Crippen molar-refractivity contribution in [3.05, 3.63) is 132 Å². The number of nitrogens with two attached hydrogens (primary N) is 2. The summed E-state index contributed by atoms with van der Waals surface area (Å²) in [6, 6.07) is 27.9. The van der Waals surface area contributed by atoms with Gasteiger partial charge >= 0.3 is 0 Å². The molecule has 0 aliphatic carbocycles. The summed E-state index contributed by atoms with van der Waals surface area (Å²) in [6.45, 7) is 8.63. The molecule has 25 heteroatoms. The van der Waals surface area contributed by atoms with E-state index in [-0.39, 0.29) is 29.2 Å². The number of pyridine rings is 2. The third kappa shape index (κ3) is 12.5. The fourth-order valence-electron chi connectivity index (χ4n) is 10.6. The number of rotatable bonds is 11. The Bertz CT molecular complexity index is 3750. The predicted molar refractivity (Wildman–Crippen MR) is 309 cm³/mol. The molecule has 0 saturated carbocycles. The highest BCUT2D eigenvalue weighted by Crippen LogP contribution is 2.37. The summed E-state index contributed by atoms with van der Waals surface area (Å²) in [7, 11) is -2.01. The number of ether oxygens (including phenoxy) is 2. The van der Waals surface area contributed by atoms with Crippen LogP contribution in [0.25, 0.3) is 56.1 Å². The van der Waals surface area contributed by atoms with Gasteiger partial charge in [-0.25, -0.2) is 9.97 Å². The molecule has 8 aromatic rings. The molecule has 4 aliphatic heterocycles.